The summed E-state index contributed by atoms with van der Waals surface area (Å²) in [5, 5.41) is 2.64. The minimum absolute atomic E-state index is 0.175. The van der Waals surface area contributed by atoms with Crippen LogP contribution in [0.4, 0.5) is 4.79 Å². The quantitative estimate of drug-likeness (QED) is 0.357. The monoisotopic (exact) mass is 395 g/mol. The molecule has 27 heavy (non-hydrogen) atoms. The van der Waals surface area contributed by atoms with Gasteiger partial charge in [0.1, 0.15) is 12.6 Å². The number of unbranched alkanes of at least 4 members (excludes halogenated alkanes) is 5. The number of hydrogen-bond donors (Lipinski definition) is 1. The SMILES string of the molecule is CCCCCCCCOC(=O)C(CCSC)NC(=O)OCc1ccccc1. The van der Waals surface area contributed by atoms with E-state index in [1.807, 2.05) is 36.6 Å². The Morgan fingerprint density at radius 2 is 1.74 bits per heavy atom. The molecule has 0 radical (unpaired) electrons. The molecule has 0 spiro atoms. The fraction of sp³-hybridized carbons (Fsp3) is 0.619. The molecular formula is C21H33NO4S. The van der Waals surface area contributed by atoms with E-state index in [4.69, 9.17) is 9.47 Å². The Morgan fingerprint density at radius 1 is 1.04 bits per heavy atom. The highest BCUT2D eigenvalue weighted by Crippen LogP contribution is 2.08. The van der Waals surface area contributed by atoms with Crippen LogP contribution in [0.3, 0.4) is 0 Å². The highest BCUT2D eigenvalue weighted by molar-refractivity contribution is 7.98. The first-order valence-electron chi connectivity index (χ1n) is 9.80. The Bertz CT molecular complexity index is 524. The average molecular weight is 396 g/mol. The lowest BCUT2D eigenvalue weighted by molar-refractivity contribution is -0.146. The molecule has 1 rings (SSSR count). The Morgan fingerprint density at radius 3 is 2.44 bits per heavy atom. The van der Waals surface area contributed by atoms with Crippen molar-refractivity contribution in [1.82, 2.24) is 5.32 Å². The molecule has 0 saturated heterocycles. The number of carbonyl (C=O) groups is 2. The number of nitrogens with one attached hydrogen (secondary N) is 1. The molecule has 6 heteroatoms. The lowest BCUT2D eigenvalue weighted by atomic mass is 10.1. The molecule has 0 fully saturated rings. The molecule has 1 aromatic carbocycles. The summed E-state index contributed by atoms with van der Waals surface area (Å²) in [5.41, 5.74) is 0.902. The van der Waals surface area contributed by atoms with Crippen molar-refractivity contribution < 1.29 is 19.1 Å². The summed E-state index contributed by atoms with van der Waals surface area (Å²) >= 11 is 1.62. The van der Waals surface area contributed by atoms with Gasteiger partial charge in [0, 0.05) is 0 Å². The number of esters is 1. The van der Waals surface area contributed by atoms with Crippen LogP contribution in [0, 0.1) is 0 Å². The smallest absolute Gasteiger partial charge is 0.408 e. The first-order valence-corrected chi connectivity index (χ1v) is 11.2. The van der Waals surface area contributed by atoms with Crippen molar-refractivity contribution in [2.45, 2.75) is 64.5 Å². The summed E-state index contributed by atoms with van der Waals surface area (Å²) < 4.78 is 10.6. The fourth-order valence-corrected chi connectivity index (χ4v) is 3.02. The normalized spacial score (nSPS) is 11.6. The summed E-state index contributed by atoms with van der Waals surface area (Å²) in [4.78, 5) is 24.3. The van der Waals surface area contributed by atoms with Gasteiger partial charge in [-0.1, -0.05) is 69.4 Å². The molecular weight excluding hydrogens is 362 g/mol. The zero-order chi connectivity index (χ0) is 19.7. The van der Waals surface area contributed by atoms with Gasteiger partial charge in [0.05, 0.1) is 6.61 Å². The van der Waals surface area contributed by atoms with E-state index in [9.17, 15) is 9.59 Å². The maximum absolute atomic E-state index is 12.3. The van der Waals surface area contributed by atoms with E-state index >= 15 is 0 Å². The highest BCUT2D eigenvalue weighted by atomic mass is 32.2. The zero-order valence-corrected chi connectivity index (χ0v) is 17.4. The summed E-state index contributed by atoms with van der Waals surface area (Å²) in [6, 6.07) is 8.78. The molecule has 0 aliphatic heterocycles. The Hall–Kier alpha value is -1.69. The second-order valence-corrected chi connectivity index (χ2v) is 7.46. The Balaban J connectivity index is 2.32. The summed E-state index contributed by atoms with van der Waals surface area (Å²) in [6.45, 7) is 2.77. The molecule has 1 aromatic rings. The third kappa shape index (κ3) is 11.6. The van der Waals surface area contributed by atoms with E-state index in [0.717, 1.165) is 24.2 Å². The third-order valence-corrected chi connectivity index (χ3v) is 4.79. The van der Waals surface area contributed by atoms with Crippen LogP contribution < -0.4 is 5.32 Å². The number of thioether (sulfide) groups is 1. The second-order valence-electron chi connectivity index (χ2n) is 6.48. The number of benzene rings is 1. The molecule has 0 bridgehead atoms. The fourth-order valence-electron chi connectivity index (χ4n) is 2.55. The summed E-state index contributed by atoms with van der Waals surface area (Å²) in [5.74, 6) is 0.379. The number of rotatable bonds is 14. The Labute approximate surface area is 167 Å². The molecule has 1 atom stereocenters. The standard InChI is InChI=1S/C21H33NO4S/c1-3-4-5-6-7-11-15-25-20(23)19(14-16-27-2)22-21(24)26-17-18-12-9-8-10-13-18/h8-10,12-13,19H,3-7,11,14-17H2,1-2H3,(H,22,24). The summed E-state index contributed by atoms with van der Waals surface area (Å²) in [7, 11) is 0. The third-order valence-electron chi connectivity index (χ3n) is 4.14. The van der Waals surface area contributed by atoms with Crippen molar-refractivity contribution in [1.29, 1.82) is 0 Å². The molecule has 0 aliphatic rings. The predicted molar refractivity (Wildman–Crippen MR) is 111 cm³/mol. The molecule has 152 valence electrons. The number of amides is 1. The maximum Gasteiger partial charge on any atom is 0.408 e. The average Bonchev–Trinajstić information content (AvgIpc) is 2.69. The molecule has 1 amide bonds. The number of ether oxygens (including phenoxy) is 2. The predicted octanol–water partition coefficient (Wildman–Crippen LogP) is 4.94. The van der Waals surface area contributed by atoms with Gasteiger partial charge in [0.25, 0.3) is 0 Å². The van der Waals surface area contributed by atoms with Gasteiger partial charge >= 0.3 is 12.1 Å². The molecule has 0 aromatic heterocycles. The van der Waals surface area contributed by atoms with Gasteiger partial charge < -0.3 is 14.8 Å². The maximum atomic E-state index is 12.3. The number of alkyl carbamates (subject to hydrolysis) is 1. The molecule has 0 aliphatic carbocycles. The van der Waals surface area contributed by atoms with Crippen molar-refractivity contribution >= 4 is 23.8 Å². The van der Waals surface area contributed by atoms with E-state index in [1.54, 1.807) is 11.8 Å². The zero-order valence-electron chi connectivity index (χ0n) is 16.6. The van der Waals surface area contributed by atoms with Gasteiger partial charge in [-0.3, -0.25) is 0 Å². The van der Waals surface area contributed by atoms with Crippen molar-refractivity contribution in [2.24, 2.45) is 0 Å². The van der Waals surface area contributed by atoms with Crippen LogP contribution >= 0.6 is 11.8 Å². The van der Waals surface area contributed by atoms with Crippen LogP contribution in [-0.2, 0) is 20.9 Å². The van der Waals surface area contributed by atoms with Crippen molar-refractivity contribution in [3.63, 3.8) is 0 Å². The molecule has 1 unspecified atom stereocenters. The Kier molecular flexibility index (Phi) is 13.3. The highest BCUT2D eigenvalue weighted by Gasteiger charge is 2.22. The number of carbonyl (C=O) groups excluding carboxylic acids is 2. The van der Waals surface area contributed by atoms with Crippen LogP contribution in [0.5, 0.6) is 0 Å². The van der Waals surface area contributed by atoms with Crippen molar-refractivity contribution in [2.75, 3.05) is 18.6 Å². The van der Waals surface area contributed by atoms with E-state index in [0.29, 0.717) is 13.0 Å². The van der Waals surface area contributed by atoms with Crippen LogP contribution in [0.2, 0.25) is 0 Å². The number of hydrogen-bond acceptors (Lipinski definition) is 5. The molecule has 1 N–H and O–H groups in total. The van der Waals surface area contributed by atoms with Crippen LogP contribution in [0.1, 0.15) is 57.4 Å². The topological polar surface area (TPSA) is 64.6 Å². The van der Waals surface area contributed by atoms with Gasteiger partial charge in [-0.2, -0.15) is 11.8 Å². The van der Waals surface area contributed by atoms with E-state index in [2.05, 4.69) is 12.2 Å². The van der Waals surface area contributed by atoms with Crippen LogP contribution in [0.25, 0.3) is 0 Å². The van der Waals surface area contributed by atoms with E-state index in [1.165, 1.54) is 25.7 Å². The first-order chi connectivity index (χ1) is 13.2. The van der Waals surface area contributed by atoms with Crippen LogP contribution in [0.15, 0.2) is 30.3 Å². The molecule has 0 heterocycles. The minimum atomic E-state index is -0.666. The molecule has 0 saturated carbocycles. The molecule has 5 nitrogen and oxygen atoms in total. The van der Waals surface area contributed by atoms with E-state index in [-0.39, 0.29) is 12.6 Å². The van der Waals surface area contributed by atoms with Crippen LogP contribution in [-0.4, -0.2) is 36.7 Å². The first kappa shape index (κ1) is 23.3. The van der Waals surface area contributed by atoms with E-state index < -0.39 is 12.1 Å². The largest absolute Gasteiger partial charge is 0.464 e. The van der Waals surface area contributed by atoms with Gasteiger partial charge in [0.2, 0.25) is 0 Å². The van der Waals surface area contributed by atoms with Gasteiger partial charge in [0.15, 0.2) is 0 Å². The van der Waals surface area contributed by atoms with Gasteiger partial charge in [-0.25, -0.2) is 9.59 Å². The van der Waals surface area contributed by atoms with Crippen molar-refractivity contribution in [3.05, 3.63) is 35.9 Å². The van der Waals surface area contributed by atoms with Crippen molar-refractivity contribution in [3.8, 4) is 0 Å². The van der Waals surface area contributed by atoms with Gasteiger partial charge in [-0.15, -0.1) is 0 Å². The second kappa shape index (κ2) is 15.4. The lowest BCUT2D eigenvalue weighted by Gasteiger charge is -2.17. The minimum Gasteiger partial charge on any atom is -0.464 e. The summed E-state index contributed by atoms with van der Waals surface area (Å²) in [6.07, 6.45) is 8.70. The van der Waals surface area contributed by atoms with Gasteiger partial charge in [-0.05, 0) is 30.4 Å². The lowest BCUT2D eigenvalue weighted by Crippen LogP contribution is -2.42.